The van der Waals surface area contributed by atoms with Gasteiger partial charge in [-0.05, 0) is 117 Å². The normalized spacial score (nSPS) is 25.9. The van der Waals surface area contributed by atoms with E-state index in [2.05, 4.69) is 20.6 Å². The Bertz CT molecular complexity index is 3150. The second-order valence-electron chi connectivity index (χ2n) is 25.7. The number of carbonyl (C=O) groups is 6. The molecule has 0 bridgehead atoms. The Kier molecular flexibility index (Phi) is 19.0. The van der Waals surface area contributed by atoms with Crippen molar-refractivity contribution in [2.75, 3.05) is 39.3 Å². The summed E-state index contributed by atoms with van der Waals surface area (Å²) in [4.78, 5) is 86.7. The Morgan fingerprint density at radius 2 is 1.06 bits per heavy atom. The number of ether oxygens (including phenoxy) is 2. The van der Waals surface area contributed by atoms with Gasteiger partial charge in [-0.1, -0.05) is 66.2 Å². The minimum Gasteiger partial charge on any atom is -0.550 e. The van der Waals surface area contributed by atoms with Crippen LogP contribution < -0.4 is 66.0 Å². The number of nitrogens with zero attached hydrogens (tertiary/aromatic N) is 10. The fourth-order valence-electron chi connectivity index (χ4n) is 14.7. The van der Waals surface area contributed by atoms with Crippen molar-refractivity contribution < 1.29 is 117 Å². The third-order valence-electron chi connectivity index (χ3n) is 20.2. The molecular formula is C60H71Cl2F4KN10O10. The average Bonchev–Trinajstić information content (AvgIpc) is 1.87. The summed E-state index contributed by atoms with van der Waals surface area (Å²) in [5, 5.41) is 38.6. The van der Waals surface area contributed by atoms with E-state index in [1.54, 1.807) is 57.7 Å². The molecule has 6 fully saturated rings. The molecule has 20 nitrogen and oxygen atoms in total. The fraction of sp³-hybridized carbons (Fsp3) is 0.633. The van der Waals surface area contributed by atoms with E-state index in [4.69, 9.17) is 32.7 Å². The van der Waals surface area contributed by atoms with Gasteiger partial charge in [-0.15, -0.1) is 10.2 Å². The quantitative estimate of drug-likeness (QED) is 0.114. The minimum atomic E-state index is -2.80. The zero-order chi connectivity index (χ0) is 61.4. The molecule has 2 saturated heterocycles. The van der Waals surface area contributed by atoms with Crippen LogP contribution in [0.25, 0.3) is 0 Å². The first kappa shape index (κ1) is 65.0. The largest absolute Gasteiger partial charge is 1.00 e. The Balaban J connectivity index is 0.000000190. The van der Waals surface area contributed by atoms with Gasteiger partial charge in [-0.3, -0.25) is 24.0 Å². The molecule has 1 N–H and O–H groups in total. The Hall–Kier alpha value is -4.92. The number of rotatable bonds is 16. The SMILES string of the molecule is Cn1nnc(COc2ccc(Cl)c3c2[C@@H](CN2CC4(CC4)CC2=O)N(C(=O)[C@@H]2CCCC[C@]2(C)C(=O)O)CC3)c1C(F)F.Cn1nnc(COc2ccc(Cl)c3c2[C@@H](CN2CC4(CC4)CC2=O)N(C(=O)[C@@H]2CCCC[C@]2(C)C(=O)[O-])CC3)c1C(F)F.[K+]. The predicted octanol–water partition coefficient (Wildman–Crippen LogP) is 5.08. The molecule has 4 aromatic rings. The van der Waals surface area contributed by atoms with Gasteiger partial charge in [-0.25, -0.2) is 26.9 Å². The van der Waals surface area contributed by atoms with Crippen molar-refractivity contribution >= 4 is 58.8 Å². The number of alkyl halides is 4. The van der Waals surface area contributed by atoms with E-state index in [0.717, 1.165) is 65.4 Å². The molecule has 4 aliphatic carbocycles. The number of aryl methyl sites for hydroxylation is 2. The molecule has 2 aromatic heterocycles. The molecule has 87 heavy (non-hydrogen) atoms. The van der Waals surface area contributed by atoms with Crippen LogP contribution in [0.4, 0.5) is 17.6 Å². The van der Waals surface area contributed by atoms with Gasteiger partial charge in [-0.2, -0.15) is 0 Å². The van der Waals surface area contributed by atoms with Crippen molar-refractivity contribution in [1.29, 1.82) is 0 Å². The molecule has 4 saturated carbocycles. The summed E-state index contributed by atoms with van der Waals surface area (Å²) in [6.07, 6.45) is 4.62. The first-order valence-electron chi connectivity index (χ1n) is 29.7. The number of amides is 4. The van der Waals surface area contributed by atoms with Crippen LogP contribution in [-0.2, 0) is 68.9 Å². The maximum absolute atomic E-state index is 14.4. The molecule has 4 aliphatic heterocycles. The number of aromatic nitrogens is 6. The fourth-order valence-corrected chi connectivity index (χ4v) is 15.2. The van der Waals surface area contributed by atoms with E-state index >= 15 is 0 Å². The Labute approximate surface area is 553 Å². The van der Waals surface area contributed by atoms with Crippen LogP contribution in [0, 0.1) is 33.5 Å². The molecule has 0 radical (unpaired) electrons. The van der Waals surface area contributed by atoms with Crippen molar-refractivity contribution in [3.8, 4) is 11.5 Å². The third kappa shape index (κ3) is 12.5. The molecule has 6 heterocycles. The van der Waals surface area contributed by atoms with E-state index in [1.165, 1.54) is 14.1 Å². The van der Waals surface area contributed by atoms with Crippen molar-refractivity contribution in [2.45, 2.75) is 155 Å². The molecule has 12 rings (SSSR count). The van der Waals surface area contributed by atoms with E-state index in [1.807, 2.05) is 0 Å². The van der Waals surface area contributed by atoms with Crippen molar-refractivity contribution in [2.24, 2.45) is 47.6 Å². The second kappa shape index (κ2) is 25.4. The molecule has 4 amide bonds. The molecule has 0 unspecified atom stereocenters. The van der Waals surface area contributed by atoms with Crippen molar-refractivity contribution in [3.05, 3.63) is 79.3 Å². The number of halogens is 6. The monoisotopic (exact) mass is 1280 g/mol. The van der Waals surface area contributed by atoms with Crippen LogP contribution in [0.1, 0.15) is 174 Å². The van der Waals surface area contributed by atoms with Gasteiger partial charge in [0.25, 0.3) is 12.9 Å². The number of carboxylic acid groups (broad SMARTS) is 2. The topological polar surface area (TPSA) is 239 Å². The summed E-state index contributed by atoms with van der Waals surface area (Å²) in [7, 11) is 2.77. The van der Waals surface area contributed by atoms with Crippen LogP contribution in [-0.4, -0.2) is 130 Å². The standard InChI is InChI=1S/2C30H36ClF2N5O5.K/c2*1-29(28(41)42)9-4-3-5-18(29)27(40)38-12-8-17-19(31)6-7-22(43-15-20-25(26(32)33)36(2)35-34-20)24(17)21(38)14-37-16-30(10-11-30)13-23(37)39;/h2*6-7,18,21,26H,3-5,8-16H2,1-2H3,(H,41,42);/q;;+1/p-1/t2*18-,21+,29-;/m00./s1. The molecular weight excluding hydrogens is 1210 g/mol. The van der Waals surface area contributed by atoms with E-state index in [0.29, 0.717) is 110 Å². The average molecular weight is 1280 g/mol. The van der Waals surface area contributed by atoms with Gasteiger partial charge in [0.2, 0.25) is 23.6 Å². The number of carbonyl (C=O) groups excluding carboxylic acids is 5. The maximum Gasteiger partial charge on any atom is 1.00 e. The van der Waals surface area contributed by atoms with Gasteiger partial charge in [0.1, 0.15) is 47.5 Å². The maximum atomic E-state index is 14.4. The van der Waals surface area contributed by atoms with Crippen LogP contribution in [0.15, 0.2) is 24.3 Å². The number of carboxylic acids is 2. The summed E-state index contributed by atoms with van der Waals surface area (Å²) in [5.41, 5.74) is -0.515. The minimum absolute atomic E-state index is 0. The number of hydrogen-bond acceptors (Lipinski definition) is 13. The number of aliphatic carboxylic acids is 2. The summed E-state index contributed by atoms with van der Waals surface area (Å²) in [5.74, 6) is -3.55. The second-order valence-corrected chi connectivity index (χ2v) is 26.5. The van der Waals surface area contributed by atoms with E-state index < -0.39 is 59.5 Å². The van der Waals surface area contributed by atoms with Crippen LogP contribution in [0.5, 0.6) is 11.5 Å². The Morgan fingerprint density at radius 1 is 0.655 bits per heavy atom. The van der Waals surface area contributed by atoms with Gasteiger partial charge < -0.3 is 44.1 Å². The number of hydrogen-bond donors (Lipinski definition) is 1. The molecule has 6 atom stereocenters. The summed E-state index contributed by atoms with van der Waals surface area (Å²) < 4.78 is 69.1. The molecule has 2 aromatic carbocycles. The predicted molar refractivity (Wildman–Crippen MR) is 298 cm³/mol. The van der Waals surface area contributed by atoms with Crippen LogP contribution in [0.2, 0.25) is 10.0 Å². The van der Waals surface area contributed by atoms with Crippen molar-refractivity contribution in [1.82, 2.24) is 49.6 Å². The molecule has 2 spiro atoms. The first-order valence-corrected chi connectivity index (χ1v) is 30.5. The smallest absolute Gasteiger partial charge is 0.550 e. The zero-order valence-electron chi connectivity index (χ0n) is 49.6. The van der Waals surface area contributed by atoms with E-state index in [-0.39, 0.29) is 141 Å². The van der Waals surface area contributed by atoms with Crippen LogP contribution in [0.3, 0.4) is 0 Å². The summed E-state index contributed by atoms with van der Waals surface area (Å²) in [6, 6.07) is 5.31. The van der Waals surface area contributed by atoms with Gasteiger partial charge in [0, 0.05) is 105 Å². The van der Waals surface area contributed by atoms with Gasteiger partial charge >= 0.3 is 57.4 Å². The molecule has 464 valence electrons. The number of fused-ring (bicyclic) bond motifs is 2. The van der Waals surface area contributed by atoms with Crippen molar-refractivity contribution in [3.63, 3.8) is 0 Å². The third-order valence-corrected chi connectivity index (χ3v) is 20.9. The van der Waals surface area contributed by atoms with Gasteiger partial charge in [0.05, 0.1) is 23.4 Å². The molecule has 8 aliphatic rings. The number of benzene rings is 2. The number of likely N-dealkylation sites (tertiary alicyclic amines) is 2. The summed E-state index contributed by atoms with van der Waals surface area (Å²) in [6.45, 7) is 4.84. The first-order chi connectivity index (χ1) is 40.9. The molecule has 27 heteroatoms. The van der Waals surface area contributed by atoms with E-state index in [9.17, 15) is 56.5 Å². The summed E-state index contributed by atoms with van der Waals surface area (Å²) >= 11 is 13.4. The van der Waals surface area contributed by atoms with Crippen LogP contribution >= 0.6 is 23.2 Å². The van der Waals surface area contributed by atoms with Gasteiger partial charge in [0.15, 0.2) is 0 Å². The Morgan fingerprint density at radius 3 is 1.43 bits per heavy atom. The zero-order valence-corrected chi connectivity index (χ0v) is 54.2.